The summed E-state index contributed by atoms with van der Waals surface area (Å²) in [6, 6.07) is 33.8. The third kappa shape index (κ3) is 5.84. The SMILES string of the molecule is COc1ccc(/C=N\N=C(/C(=O)c2ccccc2)c2ccccc2)cc1OCc1ccccc1. The number of benzene rings is 4. The number of carbonyl (C=O) groups is 1. The fourth-order valence-corrected chi connectivity index (χ4v) is 3.33. The topological polar surface area (TPSA) is 60.2 Å². The first-order valence-electron chi connectivity index (χ1n) is 10.9. The third-order valence-electron chi connectivity index (χ3n) is 5.09. The molecule has 0 radical (unpaired) electrons. The summed E-state index contributed by atoms with van der Waals surface area (Å²) in [5.74, 6) is 1.04. The fourth-order valence-electron chi connectivity index (χ4n) is 3.33. The van der Waals surface area contributed by atoms with E-state index in [9.17, 15) is 4.79 Å². The van der Waals surface area contributed by atoms with Crippen LogP contribution in [0.1, 0.15) is 27.0 Å². The summed E-state index contributed by atoms with van der Waals surface area (Å²) in [6.45, 7) is 0.416. The highest BCUT2D eigenvalue weighted by atomic mass is 16.5. The lowest BCUT2D eigenvalue weighted by Crippen LogP contribution is -2.15. The number of ketones is 1. The van der Waals surface area contributed by atoms with E-state index in [4.69, 9.17) is 9.47 Å². The molecule has 0 saturated carbocycles. The number of carbonyl (C=O) groups excluding carboxylic acids is 1. The molecule has 4 rings (SSSR count). The molecule has 34 heavy (non-hydrogen) atoms. The van der Waals surface area contributed by atoms with Gasteiger partial charge in [0.05, 0.1) is 13.3 Å². The normalized spacial score (nSPS) is 11.4. The number of methoxy groups -OCH3 is 1. The molecule has 0 bridgehead atoms. The second-order valence-corrected chi connectivity index (χ2v) is 7.44. The minimum Gasteiger partial charge on any atom is -0.493 e. The predicted octanol–water partition coefficient (Wildman–Crippen LogP) is 5.98. The highest BCUT2D eigenvalue weighted by Crippen LogP contribution is 2.28. The largest absolute Gasteiger partial charge is 0.493 e. The Bertz CT molecular complexity index is 1290. The van der Waals surface area contributed by atoms with Crippen molar-refractivity contribution in [2.75, 3.05) is 7.11 Å². The van der Waals surface area contributed by atoms with Crippen LogP contribution in [-0.2, 0) is 6.61 Å². The molecular weight excluding hydrogens is 424 g/mol. The quantitative estimate of drug-likeness (QED) is 0.180. The summed E-state index contributed by atoms with van der Waals surface area (Å²) in [4.78, 5) is 13.1. The monoisotopic (exact) mass is 448 g/mol. The van der Waals surface area contributed by atoms with Crippen LogP contribution in [0.15, 0.2) is 119 Å². The van der Waals surface area contributed by atoms with Gasteiger partial charge in [-0.25, -0.2) is 0 Å². The first kappa shape index (κ1) is 22.7. The van der Waals surface area contributed by atoms with E-state index < -0.39 is 0 Å². The summed E-state index contributed by atoms with van der Waals surface area (Å²) in [6.07, 6.45) is 1.59. The van der Waals surface area contributed by atoms with Crippen molar-refractivity contribution in [2.45, 2.75) is 6.61 Å². The van der Waals surface area contributed by atoms with Crippen molar-refractivity contribution in [3.05, 3.63) is 131 Å². The number of nitrogens with zero attached hydrogens (tertiary/aromatic N) is 2. The van der Waals surface area contributed by atoms with Gasteiger partial charge in [0.2, 0.25) is 5.78 Å². The van der Waals surface area contributed by atoms with E-state index >= 15 is 0 Å². The Morgan fingerprint density at radius 1 is 0.765 bits per heavy atom. The van der Waals surface area contributed by atoms with E-state index in [1.54, 1.807) is 25.5 Å². The van der Waals surface area contributed by atoms with Crippen LogP contribution in [0.2, 0.25) is 0 Å². The minimum absolute atomic E-state index is 0.189. The summed E-state index contributed by atoms with van der Waals surface area (Å²) in [7, 11) is 1.60. The van der Waals surface area contributed by atoms with Gasteiger partial charge >= 0.3 is 0 Å². The molecule has 0 spiro atoms. The Morgan fingerprint density at radius 3 is 2.03 bits per heavy atom. The lowest BCUT2D eigenvalue weighted by atomic mass is 10.0. The van der Waals surface area contributed by atoms with Crippen LogP contribution in [0.25, 0.3) is 0 Å². The van der Waals surface area contributed by atoms with Crippen molar-refractivity contribution in [3.63, 3.8) is 0 Å². The summed E-state index contributed by atoms with van der Waals surface area (Å²) in [5.41, 5.74) is 3.36. The van der Waals surface area contributed by atoms with Gasteiger partial charge in [0, 0.05) is 11.1 Å². The molecule has 0 atom stereocenters. The summed E-state index contributed by atoms with van der Waals surface area (Å²) in [5, 5.41) is 8.52. The smallest absolute Gasteiger partial charge is 0.213 e. The molecule has 0 saturated heterocycles. The number of hydrogen-bond acceptors (Lipinski definition) is 5. The van der Waals surface area contributed by atoms with Gasteiger partial charge in [-0.15, -0.1) is 5.10 Å². The number of Topliss-reactive ketones (excluding diaryl/α,β-unsaturated/α-hetero) is 1. The molecule has 0 aliphatic rings. The third-order valence-corrected chi connectivity index (χ3v) is 5.09. The second kappa shape index (κ2) is 11.4. The van der Waals surface area contributed by atoms with Crippen LogP contribution in [0.3, 0.4) is 0 Å². The van der Waals surface area contributed by atoms with Gasteiger partial charge in [-0.3, -0.25) is 4.79 Å². The van der Waals surface area contributed by atoms with Gasteiger partial charge in [-0.2, -0.15) is 5.10 Å². The van der Waals surface area contributed by atoms with Crippen molar-refractivity contribution < 1.29 is 14.3 Å². The van der Waals surface area contributed by atoms with Gasteiger partial charge < -0.3 is 9.47 Å². The standard InChI is InChI=1S/C29H24N2O3/c1-33-26-18-17-23(19-27(26)34-21-22-11-5-2-6-12-22)20-30-31-28(24-13-7-3-8-14-24)29(32)25-15-9-4-10-16-25/h2-20H,21H2,1H3/b30-20-,31-28-. The van der Waals surface area contributed by atoms with Crippen LogP contribution in [-0.4, -0.2) is 24.8 Å². The molecule has 0 heterocycles. The Labute approximate surface area is 199 Å². The molecular formula is C29H24N2O3. The Morgan fingerprint density at radius 2 is 1.38 bits per heavy atom. The van der Waals surface area contributed by atoms with Crippen molar-refractivity contribution in [1.82, 2.24) is 0 Å². The van der Waals surface area contributed by atoms with Crippen LogP contribution in [0.5, 0.6) is 11.5 Å². The number of hydrogen-bond donors (Lipinski definition) is 0. The van der Waals surface area contributed by atoms with Crippen molar-refractivity contribution in [2.24, 2.45) is 10.2 Å². The van der Waals surface area contributed by atoms with Gasteiger partial charge in [0.25, 0.3) is 0 Å². The Hall–Kier alpha value is -4.51. The first-order valence-corrected chi connectivity index (χ1v) is 10.9. The molecule has 168 valence electrons. The molecule has 0 aromatic heterocycles. The molecule has 0 fully saturated rings. The van der Waals surface area contributed by atoms with Gasteiger partial charge in [-0.1, -0.05) is 91.0 Å². The maximum Gasteiger partial charge on any atom is 0.213 e. The summed E-state index contributed by atoms with van der Waals surface area (Å²) >= 11 is 0. The second-order valence-electron chi connectivity index (χ2n) is 7.44. The zero-order chi connectivity index (χ0) is 23.6. The van der Waals surface area contributed by atoms with E-state index in [-0.39, 0.29) is 11.5 Å². The van der Waals surface area contributed by atoms with Crippen molar-refractivity contribution in [1.29, 1.82) is 0 Å². The first-order chi connectivity index (χ1) is 16.7. The van der Waals surface area contributed by atoms with Crippen LogP contribution < -0.4 is 9.47 Å². The lowest BCUT2D eigenvalue weighted by molar-refractivity contribution is 0.106. The van der Waals surface area contributed by atoms with E-state index in [0.29, 0.717) is 29.2 Å². The molecule has 5 heteroatoms. The summed E-state index contributed by atoms with van der Waals surface area (Å²) < 4.78 is 11.4. The van der Waals surface area contributed by atoms with Gasteiger partial charge in [0.1, 0.15) is 12.3 Å². The Kier molecular flexibility index (Phi) is 7.59. The van der Waals surface area contributed by atoms with Crippen LogP contribution >= 0.6 is 0 Å². The highest BCUT2D eigenvalue weighted by molar-refractivity contribution is 6.51. The fraction of sp³-hybridized carbons (Fsp3) is 0.0690. The molecule has 5 nitrogen and oxygen atoms in total. The van der Waals surface area contributed by atoms with E-state index in [2.05, 4.69) is 10.2 Å². The molecule has 4 aromatic carbocycles. The molecule has 0 unspecified atom stereocenters. The number of ether oxygens (including phenoxy) is 2. The van der Waals surface area contributed by atoms with Crippen LogP contribution in [0.4, 0.5) is 0 Å². The number of rotatable bonds is 9. The zero-order valence-electron chi connectivity index (χ0n) is 18.8. The minimum atomic E-state index is -0.189. The molecule has 0 aliphatic heterocycles. The molecule has 4 aromatic rings. The maximum absolute atomic E-state index is 13.1. The lowest BCUT2D eigenvalue weighted by Gasteiger charge is -2.11. The van der Waals surface area contributed by atoms with Crippen molar-refractivity contribution >= 4 is 17.7 Å². The van der Waals surface area contributed by atoms with E-state index in [1.807, 2.05) is 97.1 Å². The average molecular weight is 449 g/mol. The van der Waals surface area contributed by atoms with E-state index in [0.717, 1.165) is 11.1 Å². The zero-order valence-corrected chi connectivity index (χ0v) is 18.8. The molecule has 0 aliphatic carbocycles. The Balaban J connectivity index is 1.58. The van der Waals surface area contributed by atoms with Crippen LogP contribution in [0, 0.1) is 0 Å². The molecule has 0 N–H and O–H groups in total. The van der Waals surface area contributed by atoms with Crippen molar-refractivity contribution in [3.8, 4) is 11.5 Å². The molecule has 0 amide bonds. The van der Waals surface area contributed by atoms with Gasteiger partial charge in [0.15, 0.2) is 11.5 Å². The highest BCUT2D eigenvalue weighted by Gasteiger charge is 2.16. The maximum atomic E-state index is 13.1. The predicted molar refractivity (Wildman–Crippen MR) is 135 cm³/mol. The average Bonchev–Trinajstić information content (AvgIpc) is 2.91. The van der Waals surface area contributed by atoms with Gasteiger partial charge in [-0.05, 0) is 29.3 Å². The van der Waals surface area contributed by atoms with E-state index in [1.165, 1.54) is 0 Å².